The molecule has 3 heterocycles. The van der Waals surface area contributed by atoms with Crippen LogP contribution >= 0.6 is 0 Å². The number of rotatable bonds is 6. The first-order valence-corrected chi connectivity index (χ1v) is 10.9. The van der Waals surface area contributed by atoms with Gasteiger partial charge in [0.05, 0.1) is 0 Å². The van der Waals surface area contributed by atoms with E-state index in [-0.39, 0.29) is 5.91 Å². The fourth-order valence-corrected chi connectivity index (χ4v) is 4.74. The van der Waals surface area contributed by atoms with Crippen LogP contribution in [0.15, 0.2) is 18.2 Å². The average Bonchev–Trinajstić information content (AvgIpc) is 3.25. The van der Waals surface area contributed by atoms with Crippen LogP contribution in [-0.4, -0.2) is 69.1 Å². The Kier molecular flexibility index (Phi) is 6.15. The normalized spacial score (nSPS) is 21.9. The molecule has 1 aromatic rings. The molecule has 0 saturated carbocycles. The standard InChI is InChI=1S/C22H33N3O4/c1-3-10-23-21(26)22(27-2)8-13-25(14-9-22)17-6-11-24(12-7-17)18-4-5-19-20(15-18)29-16-28-19/h4-5,15,17H,3,6-14,16H2,1-2H3,(H,23,26). The first-order chi connectivity index (χ1) is 14.1. The molecule has 0 aliphatic carbocycles. The van der Waals surface area contributed by atoms with Gasteiger partial charge in [-0.2, -0.15) is 0 Å². The molecule has 2 fully saturated rings. The second-order valence-electron chi connectivity index (χ2n) is 8.25. The van der Waals surface area contributed by atoms with Crippen molar-refractivity contribution in [1.29, 1.82) is 0 Å². The highest BCUT2D eigenvalue weighted by Gasteiger charge is 2.42. The number of piperidine rings is 2. The minimum absolute atomic E-state index is 0.0547. The van der Waals surface area contributed by atoms with Crippen molar-refractivity contribution in [1.82, 2.24) is 10.2 Å². The van der Waals surface area contributed by atoms with Crippen LogP contribution in [0.4, 0.5) is 5.69 Å². The van der Waals surface area contributed by atoms with Gasteiger partial charge in [-0.1, -0.05) is 6.92 Å². The van der Waals surface area contributed by atoms with Crippen LogP contribution in [0.3, 0.4) is 0 Å². The maximum absolute atomic E-state index is 12.6. The van der Waals surface area contributed by atoms with E-state index in [0.717, 1.165) is 69.8 Å². The number of fused-ring (bicyclic) bond motifs is 1. The second kappa shape index (κ2) is 8.79. The highest BCUT2D eigenvalue weighted by molar-refractivity contribution is 5.85. The van der Waals surface area contributed by atoms with E-state index in [1.165, 1.54) is 5.69 Å². The van der Waals surface area contributed by atoms with Crippen molar-refractivity contribution in [3.8, 4) is 11.5 Å². The SMILES string of the molecule is CCCNC(=O)C1(OC)CCN(C2CCN(c3ccc4c(c3)OCO4)CC2)CC1. The van der Waals surface area contributed by atoms with Crippen molar-refractivity contribution in [2.45, 2.75) is 50.7 Å². The van der Waals surface area contributed by atoms with Crippen molar-refractivity contribution in [3.63, 3.8) is 0 Å². The van der Waals surface area contributed by atoms with Gasteiger partial charge in [0.15, 0.2) is 11.5 Å². The number of methoxy groups -OCH3 is 1. The molecule has 0 atom stereocenters. The Bertz CT molecular complexity index is 710. The van der Waals surface area contributed by atoms with E-state index < -0.39 is 5.60 Å². The number of likely N-dealkylation sites (tertiary alicyclic amines) is 1. The quantitative estimate of drug-likeness (QED) is 0.787. The van der Waals surface area contributed by atoms with E-state index in [1.54, 1.807) is 7.11 Å². The molecule has 160 valence electrons. The van der Waals surface area contributed by atoms with Crippen LogP contribution in [0.25, 0.3) is 0 Å². The molecule has 3 aliphatic heterocycles. The molecule has 0 aromatic heterocycles. The molecule has 0 spiro atoms. The first kappa shape index (κ1) is 20.3. The van der Waals surface area contributed by atoms with Crippen LogP contribution in [0.2, 0.25) is 0 Å². The van der Waals surface area contributed by atoms with E-state index in [9.17, 15) is 4.79 Å². The number of anilines is 1. The van der Waals surface area contributed by atoms with Gasteiger partial charge in [-0.05, 0) is 44.2 Å². The molecular weight excluding hydrogens is 370 g/mol. The molecule has 1 N–H and O–H groups in total. The Morgan fingerprint density at radius 1 is 1.17 bits per heavy atom. The number of hydrogen-bond donors (Lipinski definition) is 1. The van der Waals surface area contributed by atoms with E-state index in [1.807, 2.05) is 6.07 Å². The molecule has 7 nitrogen and oxygen atoms in total. The lowest BCUT2D eigenvalue weighted by molar-refractivity contribution is -0.150. The lowest BCUT2D eigenvalue weighted by Gasteiger charge is -2.45. The van der Waals surface area contributed by atoms with E-state index >= 15 is 0 Å². The minimum Gasteiger partial charge on any atom is -0.454 e. The molecule has 3 aliphatic rings. The van der Waals surface area contributed by atoms with Gasteiger partial charge in [-0.3, -0.25) is 4.79 Å². The van der Waals surface area contributed by atoms with Crippen LogP contribution in [0.5, 0.6) is 11.5 Å². The summed E-state index contributed by atoms with van der Waals surface area (Å²) in [6.45, 7) is 7.00. The molecule has 1 amide bonds. The van der Waals surface area contributed by atoms with Gasteiger partial charge in [0, 0.05) is 57.6 Å². The van der Waals surface area contributed by atoms with Crippen molar-refractivity contribution in [2.75, 3.05) is 51.5 Å². The van der Waals surface area contributed by atoms with Crippen molar-refractivity contribution in [3.05, 3.63) is 18.2 Å². The molecule has 2 saturated heterocycles. The zero-order valence-electron chi connectivity index (χ0n) is 17.6. The number of carbonyl (C=O) groups is 1. The molecule has 7 heteroatoms. The molecular formula is C22H33N3O4. The summed E-state index contributed by atoms with van der Waals surface area (Å²) in [5, 5.41) is 3.02. The first-order valence-electron chi connectivity index (χ1n) is 10.9. The van der Waals surface area contributed by atoms with Gasteiger partial charge in [0.2, 0.25) is 6.79 Å². The summed E-state index contributed by atoms with van der Waals surface area (Å²) in [7, 11) is 1.67. The van der Waals surface area contributed by atoms with Crippen molar-refractivity contribution in [2.24, 2.45) is 0 Å². The third-order valence-electron chi connectivity index (χ3n) is 6.65. The number of ether oxygens (including phenoxy) is 3. The zero-order chi connectivity index (χ0) is 20.3. The minimum atomic E-state index is -0.654. The second-order valence-corrected chi connectivity index (χ2v) is 8.25. The Labute approximate surface area is 173 Å². The van der Waals surface area contributed by atoms with Gasteiger partial charge in [-0.25, -0.2) is 0 Å². The number of nitrogens with one attached hydrogen (secondary N) is 1. The maximum atomic E-state index is 12.6. The Morgan fingerprint density at radius 3 is 2.59 bits per heavy atom. The Morgan fingerprint density at radius 2 is 1.90 bits per heavy atom. The van der Waals surface area contributed by atoms with Gasteiger partial charge in [-0.15, -0.1) is 0 Å². The fraction of sp³-hybridized carbons (Fsp3) is 0.682. The van der Waals surface area contributed by atoms with Crippen molar-refractivity contribution < 1.29 is 19.0 Å². The predicted molar refractivity (Wildman–Crippen MR) is 112 cm³/mol. The third-order valence-corrected chi connectivity index (χ3v) is 6.65. The fourth-order valence-electron chi connectivity index (χ4n) is 4.74. The summed E-state index contributed by atoms with van der Waals surface area (Å²) in [6.07, 6.45) is 4.75. The number of amides is 1. The van der Waals surface area contributed by atoms with Crippen LogP contribution in [-0.2, 0) is 9.53 Å². The van der Waals surface area contributed by atoms with Crippen LogP contribution in [0.1, 0.15) is 39.0 Å². The largest absolute Gasteiger partial charge is 0.454 e. The van der Waals surface area contributed by atoms with Gasteiger partial charge in [0.1, 0.15) is 5.60 Å². The average molecular weight is 404 g/mol. The summed E-state index contributed by atoms with van der Waals surface area (Å²) in [6, 6.07) is 6.79. The Hall–Kier alpha value is -1.99. The molecule has 0 bridgehead atoms. The Balaban J connectivity index is 1.29. The summed E-state index contributed by atoms with van der Waals surface area (Å²) >= 11 is 0. The van der Waals surface area contributed by atoms with E-state index in [2.05, 4.69) is 34.2 Å². The van der Waals surface area contributed by atoms with Gasteiger partial charge < -0.3 is 29.3 Å². The molecule has 29 heavy (non-hydrogen) atoms. The maximum Gasteiger partial charge on any atom is 0.252 e. The van der Waals surface area contributed by atoms with Crippen molar-refractivity contribution >= 4 is 11.6 Å². The number of nitrogens with zero attached hydrogens (tertiary/aromatic N) is 2. The molecule has 0 unspecified atom stereocenters. The van der Waals surface area contributed by atoms with E-state index in [0.29, 0.717) is 19.4 Å². The monoisotopic (exact) mass is 403 g/mol. The lowest BCUT2D eigenvalue weighted by atomic mass is 9.88. The summed E-state index contributed by atoms with van der Waals surface area (Å²) in [5.41, 5.74) is 0.552. The highest BCUT2D eigenvalue weighted by atomic mass is 16.7. The molecule has 4 rings (SSSR count). The lowest BCUT2D eigenvalue weighted by Crippen LogP contribution is -2.57. The predicted octanol–water partition coefficient (Wildman–Crippen LogP) is 2.39. The van der Waals surface area contributed by atoms with Crippen LogP contribution in [0, 0.1) is 0 Å². The summed E-state index contributed by atoms with van der Waals surface area (Å²) in [4.78, 5) is 17.6. The van der Waals surface area contributed by atoms with E-state index in [4.69, 9.17) is 14.2 Å². The molecule has 1 aromatic carbocycles. The zero-order valence-corrected chi connectivity index (χ0v) is 17.6. The molecule has 0 radical (unpaired) electrons. The third kappa shape index (κ3) is 4.16. The van der Waals surface area contributed by atoms with Gasteiger partial charge in [0.25, 0.3) is 5.91 Å². The topological polar surface area (TPSA) is 63.3 Å². The summed E-state index contributed by atoms with van der Waals surface area (Å²) in [5.74, 6) is 1.73. The number of carbonyl (C=O) groups excluding carboxylic acids is 1. The smallest absolute Gasteiger partial charge is 0.252 e. The number of benzene rings is 1. The number of hydrogen-bond acceptors (Lipinski definition) is 6. The highest BCUT2D eigenvalue weighted by Crippen LogP contribution is 2.37. The summed E-state index contributed by atoms with van der Waals surface area (Å²) < 4.78 is 16.6. The van der Waals surface area contributed by atoms with Crippen LogP contribution < -0.4 is 19.7 Å². The van der Waals surface area contributed by atoms with Gasteiger partial charge >= 0.3 is 0 Å².